The van der Waals surface area contributed by atoms with Crippen molar-refractivity contribution in [3.8, 4) is 5.75 Å². The Kier molecular flexibility index (Phi) is 3.14. The van der Waals surface area contributed by atoms with E-state index in [1.165, 1.54) is 0 Å². The molecule has 1 rings (SSSR count). The average Bonchev–Trinajstić information content (AvgIpc) is 2.09. The Hall–Kier alpha value is -1.22. The van der Waals surface area contributed by atoms with Crippen LogP contribution in [-0.4, -0.2) is 18.9 Å². The third-order valence-corrected chi connectivity index (χ3v) is 1.92. The van der Waals surface area contributed by atoms with Crippen molar-refractivity contribution in [3.05, 3.63) is 23.3 Å². The highest BCUT2D eigenvalue weighted by Crippen LogP contribution is 2.29. The van der Waals surface area contributed by atoms with Crippen LogP contribution in [0.3, 0.4) is 0 Å². The maximum atomic E-state index is 8.77. The van der Waals surface area contributed by atoms with Gasteiger partial charge >= 0.3 is 0 Å². The Morgan fingerprint density at radius 1 is 1.38 bits per heavy atom. The van der Waals surface area contributed by atoms with Gasteiger partial charge in [-0.05, 0) is 31.0 Å². The molecule has 2 N–H and O–H groups in total. The molecule has 3 heteroatoms. The monoisotopic (exact) mass is 181 g/mol. The smallest absolute Gasteiger partial charge is 0.142 e. The zero-order valence-corrected chi connectivity index (χ0v) is 8.22. The van der Waals surface area contributed by atoms with Crippen LogP contribution in [0.15, 0.2) is 12.1 Å². The zero-order valence-electron chi connectivity index (χ0n) is 8.22. The molecule has 0 bridgehead atoms. The molecule has 72 valence electrons. The van der Waals surface area contributed by atoms with Gasteiger partial charge in [0.25, 0.3) is 0 Å². The molecule has 1 aromatic rings. The van der Waals surface area contributed by atoms with E-state index in [0.717, 1.165) is 22.6 Å². The van der Waals surface area contributed by atoms with Crippen molar-refractivity contribution in [1.82, 2.24) is 0 Å². The van der Waals surface area contributed by atoms with E-state index in [2.05, 4.69) is 5.32 Å². The third-order valence-electron chi connectivity index (χ3n) is 1.92. The molecule has 0 aliphatic rings. The molecule has 13 heavy (non-hydrogen) atoms. The van der Waals surface area contributed by atoms with Crippen molar-refractivity contribution in [3.63, 3.8) is 0 Å². The highest BCUT2D eigenvalue weighted by atomic mass is 16.5. The summed E-state index contributed by atoms with van der Waals surface area (Å²) in [6.45, 7) is 3.91. The lowest BCUT2D eigenvalue weighted by Gasteiger charge is -2.13. The summed E-state index contributed by atoms with van der Waals surface area (Å²) < 4.78 is 5.19. The van der Waals surface area contributed by atoms with Gasteiger partial charge in [-0.1, -0.05) is 6.07 Å². The van der Waals surface area contributed by atoms with E-state index in [-0.39, 0.29) is 6.73 Å². The third kappa shape index (κ3) is 2.12. The summed E-state index contributed by atoms with van der Waals surface area (Å²) in [6.07, 6.45) is 0. The number of rotatable bonds is 3. The van der Waals surface area contributed by atoms with Crippen LogP contribution >= 0.6 is 0 Å². The van der Waals surface area contributed by atoms with Crippen LogP contribution in [-0.2, 0) is 0 Å². The minimum Gasteiger partial charge on any atom is -0.495 e. The van der Waals surface area contributed by atoms with Crippen molar-refractivity contribution >= 4 is 5.69 Å². The second kappa shape index (κ2) is 4.14. The first-order valence-electron chi connectivity index (χ1n) is 4.19. The van der Waals surface area contributed by atoms with Crippen LogP contribution in [0.2, 0.25) is 0 Å². The minimum atomic E-state index is -0.0831. The summed E-state index contributed by atoms with van der Waals surface area (Å²) in [5.41, 5.74) is 3.08. The SMILES string of the molecule is COc1cc(C)cc(C)c1NCO. The second-order valence-corrected chi connectivity index (χ2v) is 2.99. The van der Waals surface area contributed by atoms with E-state index in [1.807, 2.05) is 26.0 Å². The van der Waals surface area contributed by atoms with Gasteiger partial charge in [0.2, 0.25) is 0 Å². The van der Waals surface area contributed by atoms with E-state index >= 15 is 0 Å². The first kappa shape index (κ1) is 9.86. The van der Waals surface area contributed by atoms with Crippen LogP contribution in [0.25, 0.3) is 0 Å². The van der Waals surface area contributed by atoms with Gasteiger partial charge in [-0.2, -0.15) is 0 Å². The van der Waals surface area contributed by atoms with Crippen LogP contribution in [0.5, 0.6) is 5.75 Å². The van der Waals surface area contributed by atoms with E-state index in [9.17, 15) is 0 Å². The zero-order chi connectivity index (χ0) is 9.84. The molecule has 0 aliphatic carbocycles. The Labute approximate surface area is 78.3 Å². The number of nitrogens with one attached hydrogen (secondary N) is 1. The van der Waals surface area contributed by atoms with E-state index in [1.54, 1.807) is 7.11 Å². The van der Waals surface area contributed by atoms with Gasteiger partial charge in [0.05, 0.1) is 12.8 Å². The average molecular weight is 181 g/mol. The van der Waals surface area contributed by atoms with Crippen LogP contribution < -0.4 is 10.1 Å². The highest BCUT2D eigenvalue weighted by Gasteiger charge is 2.05. The Morgan fingerprint density at radius 3 is 2.62 bits per heavy atom. The summed E-state index contributed by atoms with van der Waals surface area (Å²) in [5, 5.41) is 11.6. The number of benzene rings is 1. The number of aliphatic hydroxyl groups excluding tert-OH is 1. The van der Waals surface area contributed by atoms with Gasteiger partial charge in [-0.15, -0.1) is 0 Å². The standard InChI is InChI=1S/C10H15NO2/c1-7-4-8(2)10(11-6-12)9(5-7)13-3/h4-5,11-12H,6H2,1-3H3. The van der Waals surface area contributed by atoms with Crippen LogP contribution in [0.1, 0.15) is 11.1 Å². The summed E-state index contributed by atoms with van der Waals surface area (Å²) in [4.78, 5) is 0. The summed E-state index contributed by atoms with van der Waals surface area (Å²) in [5.74, 6) is 0.770. The van der Waals surface area contributed by atoms with E-state index < -0.39 is 0 Å². The molecule has 0 saturated heterocycles. The predicted molar refractivity (Wildman–Crippen MR) is 53.2 cm³/mol. The Morgan fingerprint density at radius 2 is 2.08 bits per heavy atom. The molecule has 1 aromatic carbocycles. The van der Waals surface area contributed by atoms with Crippen molar-refractivity contribution in [2.24, 2.45) is 0 Å². The molecule has 0 fully saturated rings. The molecule has 0 amide bonds. The lowest BCUT2D eigenvalue weighted by Crippen LogP contribution is -2.03. The summed E-state index contributed by atoms with van der Waals surface area (Å²) in [6, 6.07) is 3.98. The van der Waals surface area contributed by atoms with Gasteiger partial charge in [0.15, 0.2) is 0 Å². The Balaban J connectivity index is 3.13. The van der Waals surface area contributed by atoms with Gasteiger partial charge in [0.1, 0.15) is 12.5 Å². The molecular formula is C10H15NO2. The summed E-state index contributed by atoms with van der Waals surface area (Å²) in [7, 11) is 1.62. The van der Waals surface area contributed by atoms with Crippen LogP contribution in [0.4, 0.5) is 5.69 Å². The molecule has 0 atom stereocenters. The predicted octanol–water partition coefficient (Wildman–Crippen LogP) is 1.67. The number of hydrogen-bond acceptors (Lipinski definition) is 3. The molecule has 0 heterocycles. The summed E-state index contributed by atoms with van der Waals surface area (Å²) >= 11 is 0. The van der Waals surface area contributed by atoms with Crippen molar-refractivity contribution < 1.29 is 9.84 Å². The van der Waals surface area contributed by atoms with E-state index in [0.29, 0.717) is 0 Å². The lowest BCUT2D eigenvalue weighted by atomic mass is 10.1. The molecule has 3 nitrogen and oxygen atoms in total. The maximum absolute atomic E-state index is 8.77. The van der Waals surface area contributed by atoms with Crippen molar-refractivity contribution in [2.75, 3.05) is 19.2 Å². The fourth-order valence-corrected chi connectivity index (χ4v) is 1.40. The number of methoxy groups -OCH3 is 1. The molecule has 0 saturated carbocycles. The normalized spacial score (nSPS) is 9.85. The van der Waals surface area contributed by atoms with Gasteiger partial charge in [0, 0.05) is 0 Å². The number of ether oxygens (including phenoxy) is 1. The maximum Gasteiger partial charge on any atom is 0.142 e. The molecule has 0 aromatic heterocycles. The minimum absolute atomic E-state index is 0.0831. The molecule has 0 spiro atoms. The van der Waals surface area contributed by atoms with Gasteiger partial charge in [-0.25, -0.2) is 0 Å². The number of anilines is 1. The Bertz CT molecular complexity index is 297. The van der Waals surface area contributed by atoms with Crippen molar-refractivity contribution in [2.45, 2.75) is 13.8 Å². The molecule has 0 unspecified atom stereocenters. The van der Waals surface area contributed by atoms with Crippen molar-refractivity contribution in [1.29, 1.82) is 0 Å². The number of hydrogen-bond donors (Lipinski definition) is 2. The molecule has 0 aliphatic heterocycles. The van der Waals surface area contributed by atoms with Crippen LogP contribution in [0, 0.1) is 13.8 Å². The molecular weight excluding hydrogens is 166 g/mol. The first-order valence-corrected chi connectivity index (χ1v) is 4.19. The first-order chi connectivity index (χ1) is 6.19. The molecule has 0 radical (unpaired) electrons. The van der Waals surface area contributed by atoms with Gasteiger partial charge < -0.3 is 15.2 Å². The fraction of sp³-hybridized carbons (Fsp3) is 0.400. The number of aryl methyl sites for hydroxylation is 2. The largest absolute Gasteiger partial charge is 0.495 e. The lowest BCUT2D eigenvalue weighted by molar-refractivity contribution is 0.324. The second-order valence-electron chi connectivity index (χ2n) is 2.99. The van der Waals surface area contributed by atoms with E-state index in [4.69, 9.17) is 9.84 Å². The number of aliphatic hydroxyl groups is 1. The topological polar surface area (TPSA) is 41.5 Å². The fourth-order valence-electron chi connectivity index (χ4n) is 1.40. The quantitative estimate of drug-likeness (QED) is 0.697. The van der Waals surface area contributed by atoms with Gasteiger partial charge in [-0.3, -0.25) is 0 Å². The highest BCUT2D eigenvalue weighted by molar-refractivity contribution is 5.62.